The number of carbonyl (C=O) groups excluding carboxylic acids is 2. The number of hydrogen-bond acceptors (Lipinski definition) is 3. The van der Waals surface area contributed by atoms with Crippen molar-refractivity contribution in [2.45, 2.75) is 65.0 Å². The number of carbonyl (C=O) groups is 2. The molecule has 5 heteroatoms. The molecular formula is C15H28N2O3. The van der Waals surface area contributed by atoms with Crippen molar-refractivity contribution in [1.82, 2.24) is 10.2 Å². The molecule has 0 aromatic rings. The molecule has 1 heterocycles. The molecule has 0 aromatic carbocycles. The lowest BCUT2D eigenvalue weighted by Crippen LogP contribution is -2.34. The molecule has 0 spiro atoms. The van der Waals surface area contributed by atoms with Gasteiger partial charge in [-0.1, -0.05) is 26.7 Å². The third-order valence-electron chi connectivity index (χ3n) is 3.63. The van der Waals surface area contributed by atoms with Crippen molar-refractivity contribution in [3.63, 3.8) is 0 Å². The number of unbranched alkanes of at least 4 members (excludes halogenated alkanes) is 1. The Labute approximate surface area is 121 Å². The van der Waals surface area contributed by atoms with Crippen LogP contribution < -0.4 is 5.32 Å². The highest BCUT2D eigenvalue weighted by Crippen LogP contribution is 2.16. The molecule has 0 aliphatic carbocycles. The van der Waals surface area contributed by atoms with Crippen LogP contribution in [0, 0.1) is 5.92 Å². The van der Waals surface area contributed by atoms with Crippen LogP contribution in [0.15, 0.2) is 0 Å². The Morgan fingerprint density at radius 1 is 1.40 bits per heavy atom. The maximum absolute atomic E-state index is 11.6. The molecule has 1 atom stereocenters. The van der Waals surface area contributed by atoms with Gasteiger partial charge in [-0.15, -0.1) is 0 Å². The molecule has 2 amide bonds. The van der Waals surface area contributed by atoms with Gasteiger partial charge in [-0.2, -0.15) is 0 Å². The molecule has 5 nitrogen and oxygen atoms in total. The lowest BCUT2D eigenvalue weighted by atomic mass is 10.1. The summed E-state index contributed by atoms with van der Waals surface area (Å²) in [7, 11) is 0. The number of aliphatic hydroxyl groups is 1. The normalized spacial score (nSPS) is 18.9. The molecule has 1 rings (SSSR count). The van der Waals surface area contributed by atoms with Crippen molar-refractivity contribution in [3.8, 4) is 0 Å². The second-order valence-electron chi connectivity index (χ2n) is 5.95. The van der Waals surface area contributed by atoms with Gasteiger partial charge in [0.2, 0.25) is 11.8 Å². The largest absolute Gasteiger partial charge is 0.374 e. The molecule has 0 bridgehead atoms. The van der Waals surface area contributed by atoms with E-state index in [1.54, 1.807) is 0 Å². The van der Waals surface area contributed by atoms with Crippen LogP contribution in [0.2, 0.25) is 0 Å². The molecule has 20 heavy (non-hydrogen) atoms. The Kier molecular flexibility index (Phi) is 7.59. The van der Waals surface area contributed by atoms with Gasteiger partial charge in [0.1, 0.15) is 6.23 Å². The molecule has 116 valence electrons. The summed E-state index contributed by atoms with van der Waals surface area (Å²) in [6.07, 6.45) is 4.68. The molecule has 1 fully saturated rings. The van der Waals surface area contributed by atoms with E-state index in [9.17, 15) is 14.7 Å². The minimum absolute atomic E-state index is 0.00778. The van der Waals surface area contributed by atoms with Crippen molar-refractivity contribution in [2.75, 3.05) is 13.1 Å². The smallest absolute Gasteiger partial charge is 0.224 e. The lowest BCUT2D eigenvalue weighted by molar-refractivity contribution is -0.133. The maximum atomic E-state index is 11.6. The zero-order valence-corrected chi connectivity index (χ0v) is 12.7. The Morgan fingerprint density at radius 2 is 2.15 bits per heavy atom. The average Bonchev–Trinajstić information content (AvgIpc) is 2.69. The first-order valence-corrected chi connectivity index (χ1v) is 7.75. The van der Waals surface area contributed by atoms with E-state index in [1.807, 2.05) is 0 Å². The number of hydrogen-bond donors (Lipinski definition) is 2. The number of nitrogens with zero attached hydrogens (tertiary/aromatic N) is 1. The highest BCUT2D eigenvalue weighted by atomic mass is 16.3. The van der Waals surface area contributed by atoms with Crippen LogP contribution in [-0.2, 0) is 9.59 Å². The van der Waals surface area contributed by atoms with E-state index in [4.69, 9.17) is 0 Å². The zero-order valence-electron chi connectivity index (χ0n) is 12.7. The Hall–Kier alpha value is -1.10. The maximum Gasteiger partial charge on any atom is 0.224 e. The summed E-state index contributed by atoms with van der Waals surface area (Å²) in [4.78, 5) is 24.5. The molecule has 0 aromatic heterocycles. The first-order chi connectivity index (χ1) is 9.50. The molecule has 1 unspecified atom stereocenters. The van der Waals surface area contributed by atoms with Crippen molar-refractivity contribution in [2.24, 2.45) is 5.92 Å². The first-order valence-electron chi connectivity index (χ1n) is 7.75. The van der Waals surface area contributed by atoms with Gasteiger partial charge in [0.05, 0.1) is 0 Å². The van der Waals surface area contributed by atoms with Gasteiger partial charge in [0.25, 0.3) is 0 Å². The van der Waals surface area contributed by atoms with Crippen molar-refractivity contribution in [1.29, 1.82) is 0 Å². The monoisotopic (exact) mass is 284 g/mol. The van der Waals surface area contributed by atoms with Gasteiger partial charge in [-0.25, -0.2) is 0 Å². The van der Waals surface area contributed by atoms with E-state index in [2.05, 4.69) is 19.2 Å². The highest BCUT2D eigenvalue weighted by Gasteiger charge is 2.28. The Morgan fingerprint density at radius 3 is 2.75 bits per heavy atom. The Balaban J connectivity index is 2.01. The predicted molar refractivity (Wildman–Crippen MR) is 77.9 cm³/mol. The third-order valence-corrected chi connectivity index (χ3v) is 3.63. The van der Waals surface area contributed by atoms with Crippen LogP contribution in [0.4, 0.5) is 0 Å². The van der Waals surface area contributed by atoms with Gasteiger partial charge in [0.15, 0.2) is 0 Å². The summed E-state index contributed by atoms with van der Waals surface area (Å²) in [5, 5.41) is 12.5. The van der Waals surface area contributed by atoms with Crippen LogP contribution in [0.3, 0.4) is 0 Å². The molecule has 0 radical (unpaired) electrons. The standard InChI is InChI=1S/C15H28N2O3/c1-12(2)6-3-4-10-16-13(18)7-5-11-17-14(19)8-9-15(17)20/h12,14,19H,3-11H2,1-2H3,(H,16,18). The van der Waals surface area contributed by atoms with Crippen LogP contribution in [0.5, 0.6) is 0 Å². The lowest BCUT2D eigenvalue weighted by Gasteiger charge is -2.19. The van der Waals surface area contributed by atoms with Crippen molar-refractivity contribution < 1.29 is 14.7 Å². The molecule has 0 saturated carbocycles. The zero-order chi connectivity index (χ0) is 15.0. The fraction of sp³-hybridized carbons (Fsp3) is 0.867. The van der Waals surface area contributed by atoms with Gasteiger partial charge in [-0.05, 0) is 18.8 Å². The summed E-state index contributed by atoms with van der Waals surface area (Å²) < 4.78 is 0. The van der Waals surface area contributed by atoms with E-state index >= 15 is 0 Å². The fourth-order valence-electron chi connectivity index (χ4n) is 2.40. The van der Waals surface area contributed by atoms with Crippen LogP contribution in [-0.4, -0.2) is 41.1 Å². The quantitative estimate of drug-likeness (QED) is 0.633. The van der Waals surface area contributed by atoms with Gasteiger partial charge < -0.3 is 15.3 Å². The first kappa shape index (κ1) is 17.0. The molecule has 2 N–H and O–H groups in total. The topological polar surface area (TPSA) is 69.6 Å². The van der Waals surface area contributed by atoms with E-state index in [1.165, 1.54) is 11.3 Å². The summed E-state index contributed by atoms with van der Waals surface area (Å²) in [6, 6.07) is 0. The Bertz CT molecular complexity index is 318. The van der Waals surface area contributed by atoms with E-state index in [0.29, 0.717) is 32.2 Å². The van der Waals surface area contributed by atoms with E-state index in [-0.39, 0.29) is 11.8 Å². The molecule has 1 aliphatic rings. The van der Waals surface area contributed by atoms with Gasteiger partial charge >= 0.3 is 0 Å². The minimum Gasteiger partial charge on any atom is -0.374 e. The molecular weight excluding hydrogens is 256 g/mol. The average molecular weight is 284 g/mol. The van der Waals surface area contributed by atoms with Gasteiger partial charge in [-0.3, -0.25) is 9.59 Å². The third kappa shape index (κ3) is 6.37. The summed E-state index contributed by atoms with van der Waals surface area (Å²) in [5.41, 5.74) is 0. The highest BCUT2D eigenvalue weighted by molar-refractivity contribution is 5.78. The second-order valence-corrected chi connectivity index (χ2v) is 5.95. The predicted octanol–water partition coefficient (Wildman–Crippen LogP) is 1.65. The second kappa shape index (κ2) is 8.95. The van der Waals surface area contributed by atoms with Crippen molar-refractivity contribution >= 4 is 11.8 Å². The van der Waals surface area contributed by atoms with E-state index < -0.39 is 6.23 Å². The number of rotatable bonds is 9. The summed E-state index contributed by atoms with van der Waals surface area (Å²) >= 11 is 0. The number of aliphatic hydroxyl groups excluding tert-OH is 1. The molecule has 1 aliphatic heterocycles. The number of likely N-dealkylation sites (tertiary alicyclic amines) is 1. The van der Waals surface area contributed by atoms with Crippen molar-refractivity contribution in [3.05, 3.63) is 0 Å². The van der Waals surface area contributed by atoms with Crippen LogP contribution >= 0.6 is 0 Å². The van der Waals surface area contributed by atoms with E-state index in [0.717, 1.165) is 25.3 Å². The van der Waals surface area contributed by atoms with Crippen LogP contribution in [0.25, 0.3) is 0 Å². The van der Waals surface area contributed by atoms with Gasteiger partial charge in [0, 0.05) is 32.4 Å². The fourth-order valence-corrected chi connectivity index (χ4v) is 2.40. The molecule has 1 saturated heterocycles. The summed E-state index contributed by atoms with van der Waals surface area (Å²) in [5.74, 6) is 0.748. The minimum atomic E-state index is -0.651. The van der Waals surface area contributed by atoms with Crippen LogP contribution in [0.1, 0.15) is 58.8 Å². The number of nitrogens with one attached hydrogen (secondary N) is 1. The number of amides is 2. The summed E-state index contributed by atoms with van der Waals surface area (Å²) in [6.45, 7) is 5.61. The SMILES string of the molecule is CC(C)CCCCNC(=O)CCCN1C(=O)CCC1O.